The van der Waals surface area contributed by atoms with E-state index in [9.17, 15) is 4.79 Å². The number of hydrogen-bond acceptors (Lipinski definition) is 5. The average Bonchev–Trinajstić information content (AvgIpc) is 3.22. The van der Waals surface area contributed by atoms with Crippen molar-refractivity contribution in [1.29, 1.82) is 0 Å². The second-order valence-electron chi connectivity index (χ2n) is 6.96. The number of anilines is 1. The van der Waals surface area contributed by atoms with Gasteiger partial charge in [0.05, 0.1) is 5.69 Å². The number of nitrogens with zero attached hydrogens (tertiary/aromatic N) is 1. The van der Waals surface area contributed by atoms with Crippen LogP contribution in [0.4, 0.5) is 5.13 Å². The second kappa shape index (κ2) is 8.37. The zero-order valence-corrected chi connectivity index (χ0v) is 18.1. The van der Waals surface area contributed by atoms with Crippen molar-refractivity contribution in [2.24, 2.45) is 0 Å². The van der Waals surface area contributed by atoms with Crippen molar-refractivity contribution >= 4 is 34.0 Å². The number of rotatable bonds is 6. The molecule has 0 unspecified atom stereocenters. The summed E-state index contributed by atoms with van der Waals surface area (Å²) in [5.74, 6) is 1.51. The van der Waals surface area contributed by atoms with Crippen LogP contribution >= 0.6 is 22.9 Å². The van der Waals surface area contributed by atoms with E-state index < -0.39 is 0 Å². The lowest BCUT2D eigenvalue weighted by atomic mass is 10.0. The summed E-state index contributed by atoms with van der Waals surface area (Å²) in [4.78, 5) is 17.7. The number of furan rings is 1. The van der Waals surface area contributed by atoms with Crippen LogP contribution in [0.2, 0.25) is 5.02 Å². The van der Waals surface area contributed by atoms with Gasteiger partial charge in [-0.2, -0.15) is 0 Å². The van der Waals surface area contributed by atoms with Gasteiger partial charge in [0.1, 0.15) is 18.1 Å². The van der Waals surface area contributed by atoms with Crippen LogP contribution in [-0.2, 0) is 6.61 Å². The van der Waals surface area contributed by atoms with Crippen LogP contribution in [0.3, 0.4) is 0 Å². The Hall–Kier alpha value is -2.31. The summed E-state index contributed by atoms with van der Waals surface area (Å²) >= 11 is 7.68. The predicted molar refractivity (Wildman–Crippen MR) is 113 cm³/mol. The molecule has 1 N–H and O–H groups in total. The van der Waals surface area contributed by atoms with Crippen molar-refractivity contribution in [3.63, 3.8) is 0 Å². The van der Waals surface area contributed by atoms with E-state index in [2.05, 4.69) is 24.1 Å². The second-order valence-corrected chi connectivity index (χ2v) is 8.57. The third kappa shape index (κ3) is 4.56. The summed E-state index contributed by atoms with van der Waals surface area (Å²) in [5, 5.41) is 4.05. The molecule has 0 aliphatic heterocycles. The van der Waals surface area contributed by atoms with Crippen molar-refractivity contribution in [3.05, 3.63) is 62.5 Å². The Bertz CT molecular complexity index is 988. The third-order valence-corrected chi connectivity index (χ3v) is 5.81. The van der Waals surface area contributed by atoms with E-state index in [0.29, 0.717) is 10.9 Å². The molecule has 0 fully saturated rings. The van der Waals surface area contributed by atoms with E-state index in [1.54, 1.807) is 12.1 Å². The maximum atomic E-state index is 12.4. The number of aryl methyl sites for hydroxylation is 3. The lowest BCUT2D eigenvalue weighted by Gasteiger charge is -2.15. The molecular weight excluding hydrogens is 396 g/mol. The van der Waals surface area contributed by atoms with Crippen molar-refractivity contribution in [2.75, 3.05) is 5.32 Å². The van der Waals surface area contributed by atoms with E-state index in [1.807, 2.05) is 32.9 Å². The Morgan fingerprint density at radius 2 is 2.04 bits per heavy atom. The number of amides is 1. The van der Waals surface area contributed by atoms with Gasteiger partial charge in [-0.15, -0.1) is 11.3 Å². The van der Waals surface area contributed by atoms with E-state index in [0.717, 1.165) is 32.5 Å². The zero-order chi connectivity index (χ0) is 20.4. The molecule has 0 atom stereocenters. The van der Waals surface area contributed by atoms with Gasteiger partial charge in [-0.1, -0.05) is 25.4 Å². The highest BCUT2D eigenvalue weighted by atomic mass is 35.5. The number of carbonyl (C=O) groups is 1. The predicted octanol–water partition coefficient (Wildman–Crippen LogP) is 6.27. The normalized spacial score (nSPS) is 11.1. The van der Waals surface area contributed by atoms with Gasteiger partial charge in [-0.05, 0) is 62.1 Å². The van der Waals surface area contributed by atoms with Crippen molar-refractivity contribution in [1.82, 2.24) is 4.98 Å². The van der Waals surface area contributed by atoms with Gasteiger partial charge >= 0.3 is 0 Å². The fourth-order valence-electron chi connectivity index (χ4n) is 2.66. The molecule has 7 heteroatoms. The lowest BCUT2D eigenvalue weighted by Crippen LogP contribution is -2.10. The molecule has 3 rings (SSSR count). The van der Waals surface area contributed by atoms with E-state index >= 15 is 0 Å². The van der Waals surface area contributed by atoms with Crippen molar-refractivity contribution in [3.8, 4) is 5.75 Å². The molecule has 0 radical (unpaired) electrons. The molecular formula is C21H23ClN2O3S. The summed E-state index contributed by atoms with van der Waals surface area (Å²) in [6.07, 6.45) is 0. The third-order valence-electron chi connectivity index (χ3n) is 4.42. The fourth-order valence-corrected chi connectivity index (χ4v) is 3.64. The minimum atomic E-state index is -0.329. The average molecular weight is 419 g/mol. The lowest BCUT2D eigenvalue weighted by molar-refractivity contribution is 0.0992. The summed E-state index contributed by atoms with van der Waals surface area (Å²) in [5.41, 5.74) is 2.90. The summed E-state index contributed by atoms with van der Waals surface area (Å²) in [6, 6.07) is 7.25. The monoisotopic (exact) mass is 418 g/mol. The number of ether oxygens (including phenoxy) is 1. The van der Waals surface area contributed by atoms with Crippen LogP contribution in [0.15, 0.2) is 28.7 Å². The van der Waals surface area contributed by atoms with E-state index in [4.69, 9.17) is 20.8 Å². The molecule has 0 saturated heterocycles. The standard InChI is InChI=1S/C21H23ClN2O3S/c1-11(2)16-9-17(22)12(3)8-19(16)26-10-15-6-7-18(27-15)20(25)24-21-23-13(4)14(5)28-21/h6-9,11H,10H2,1-5H3,(H,23,24,25). The number of carbonyl (C=O) groups excluding carboxylic acids is 1. The molecule has 0 saturated carbocycles. The highest BCUT2D eigenvalue weighted by Gasteiger charge is 2.16. The highest BCUT2D eigenvalue weighted by Crippen LogP contribution is 2.32. The Kier molecular flexibility index (Phi) is 6.10. The first kappa shape index (κ1) is 20.4. The molecule has 0 aliphatic carbocycles. The van der Waals surface area contributed by atoms with Gasteiger partial charge in [0.2, 0.25) is 0 Å². The number of hydrogen-bond donors (Lipinski definition) is 1. The smallest absolute Gasteiger partial charge is 0.293 e. The minimum Gasteiger partial charge on any atom is -0.485 e. The van der Waals surface area contributed by atoms with Gasteiger partial charge < -0.3 is 9.15 Å². The number of thiazole rings is 1. The van der Waals surface area contributed by atoms with Gasteiger partial charge in [0.25, 0.3) is 5.91 Å². The van der Waals surface area contributed by atoms with Gasteiger partial charge in [0.15, 0.2) is 10.9 Å². The zero-order valence-electron chi connectivity index (χ0n) is 16.6. The van der Waals surface area contributed by atoms with E-state index in [1.165, 1.54) is 11.3 Å². The Balaban J connectivity index is 1.68. The first-order chi connectivity index (χ1) is 13.2. The van der Waals surface area contributed by atoms with Crippen molar-refractivity contribution in [2.45, 2.75) is 47.1 Å². The Morgan fingerprint density at radius 1 is 1.29 bits per heavy atom. The summed E-state index contributed by atoms with van der Waals surface area (Å²) in [6.45, 7) is 10.2. The van der Waals surface area contributed by atoms with Gasteiger partial charge in [-0.3, -0.25) is 10.1 Å². The fraction of sp³-hybridized carbons (Fsp3) is 0.333. The Morgan fingerprint density at radius 3 is 2.68 bits per heavy atom. The summed E-state index contributed by atoms with van der Waals surface area (Å²) < 4.78 is 11.6. The van der Waals surface area contributed by atoms with Crippen molar-refractivity contribution < 1.29 is 13.9 Å². The van der Waals surface area contributed by atoms with Crippen LogP contribution < -0.4 is 10.1 Å². The molecule has 5 nitrogen and oxygen atoms in total. The van der Waals surface area contributed by atoms with Gasteiger partial charge in [0, 0.05) is 9.90 Å². The van der Waals surface area contributed by atoms with Crippen LogP contribution in [-0.4, -0.2) is 10.9 Å². The molecule has 28 heavy (non-hydrogen) atoms. The van der Waals surface area contributed by atoms with Crippen LogP contribution in [0.1, 0.15) is 57.8 Å². The molecule has 1 aromatic carbocycles. The van der Waals surface area contributed by atoms with Crippen LogP contribution in [0.25, 0.3) is 0 Å². The number of aromatic nitrogens is 1. The molecule has 0 aliphatic rings. The largest absolute Gasteiger partial charge is 0.485 e. The number of nitrogens with one attached hydrogen (secondary N) is 1. The van der Waals surface area contributed by atoms with E-state index in [-0.39, 0.29) is 24.2 Å². The molecule has 148 valence electrons. The summed E-state index contributed by atoms with van der Waals surface area (Å²) in [7, 11) is 0. The maximum absolute atomic E-state index is 12.4. The topological polar surface area (TPSA) is 64.4 Å². The quantitative estimate of drug-likeness (QED) is 0.512. The van der Waals surface area contributed by atoms with Crippen LogP contribution in [0, 0.1) is 20.8 Å². The molecule has 3 aromatic rings. The first-order valence-corrected chi connectivity index (χ1v) is 10.2. The molecule has 2 aromatic heterocycles. The first-order valence-electron chi connectivity index (χ1n) is 9.01. The highest BCUT2D eigenvalue weighted by molar-refractivity contribution is 7.15. The molecule has 0 bridgehead atoms. The Labute approximate surface area is 173 Å². The number of benzene rings is 1. The van der Waals surface area contributed by atoms with Gasteiger partial charge in [-0.25, -0.2) is 4.98 Å². The number of halogens is 1. The maximum Gasteiger partial charge on any atom is 0.293 e. The SMILES string of the molecule is Cc1cc(OCc2ccc(C(=O)Nc3nc(C)c(C)s3)o2)c(C(C)C)cc1Cl. The molecule has 0 spiro atoms. The van der Waals surface area contributed by atoms with Crippen LogP contribution in [0.5, 0.6) is 5.75 Å². The molecule has 2 heterocycles. The minimum absolute atomic E-state index is 0.223. The molecule has 1 amide bonds.